The van der Waals surface area contributed by atoms with Gasteiger partial charge in [0, 0.05) is 10.0 Å². The molecule has 0 saturated carbocycles. The molecule has 2 nitrogen and oxygen atoms in total. The largest absolute Gasteiger partial charge is 0.493 e. The van der Waals surface area contributed by atoms with Gasteiger partial charge in [0.2, 0.25) is 0 Å². The molecule has 1 aromatic rings. The summed E-state index contributed by atoms with van der Waals surface area (Å²) >= 11 is 3.45. The van der Waals surface area contributed by atoms with Gasteiger partial charge in [0.25, 0.3) is 0 Å². The van der Waals surface area contributed by atoms with E-state index in [1.807, 2.05) is 19.1 Å². The predicted molar refractivity (Wildman–Crippen MR) is 69.0 cm³/mol. The Balaban J connectivity index is 2.54. The number of rotatable bonds is 2. The number of hydrogen-bond acceptors (Lipinski definition) is 2. The van der Waals surface area contributed by atoms with E-state index >= 15 is 0 Å². The lowest BCUT2D eigenvalue weighted by Crippen LogP contribution is -2.09. The van der Waals surface area contributed by atoms with E-state index < -0.39 is 0 Å². The van der Waals surface area contributed by atoms with Crippen molar-refractivity contribution < 1.29 is 9.47 Å². The summed E-state index contributed by atoms with van der Waals surface area (Å²) in [6.07, 6.45) is 2.09. The second-order valence-corrected chi connectivity index (χ2v) is 4.68. The number of hydrogen-bond donors (Lipinski definition) is 0. The van der Waals surface area contributed by atoms with Gasteiger partial charge < -0.3 is 9.47 Å². The van der Waals surface area contributed by atoms with Gasteiger partial charge in [-0.2, -0.15) is 0 Å². The van der Waals surface area contributed by atoms with Gasteiger partial charge in [-0.3, -0.25) is 0 Å². The van der Waals surface area contributed by atoms with Crippen LogP contribution >= 0.6 is 15.9 Å². The fourth-order valence-electron chi connectivity index (χ4n) is 1.63. The monoisotopic (exact) mass is 280 g/mol. The van der Waals surface area contributed by atoms with Crippen molar-refractivity contribution in [2.24, 2.45) is 0 Å². The van der Waals surface area contributed by atoms with Gasteiger partial charge in [0.15, 0.2) is 11.5 Å². The molecule has 0 aromatic heterocycles. The van der Waals surface area contributed by atoms with E-state index in [1.165, 1.54) is 0 Å². The Kier molecular flexibility index (Phi) is 3.06. The topological polar surface area (TPSA) is 18.5 Å². The fourth-order valence-corrected chi connectivity index (χ4v) is 2.08. The summed E-state index contributed by atoms with van der Waals surface area (Å²) < 4.78 is 12.0. The number of fused-ring (bicyclic) bond motifs is 1. The maximum atomic E-state index is 5.70. The number of benzene rings is 1. The van der Waals surface area contributed by atoms with E-state index in [-0.39, 0.29) is 0 Å². The zero-order chi connectivity index (χ0) is 11.7. The molecule has 0 N–H and O–H groups in total. The highest BCUT2D eigenvalue weighted by Crippen LogP contribution is 2.39. The van der Waals surface area contributed by atoms with Crippen LogP contribution in [0.15, 0.2) is 34.3 Å². The molecule has 16 heavy (non-hydrogen) atoms. The normalized spacial score (nSPS) is 13.6. The van der Waals surface area contributed by atoms with Crippen LogP contribution in [0.3, 0.4) is 0 Å². The van der Waals surface area contributed by atoms with Crippen molar-refractivity contribution in [3.63, 3.8) is 0 Å². The summed E-state index contributed by atoms with van der Waals surface area (Å²) in [4.78, 5) is 0. The Labute approximate surface area is 104 Å². The minimum Gasteiger partial charge on any atom is -0.493 e. The highest BCUT2D eigenvalue weighted by atomic mass is 79.9. The van der Waals surface area contributed by atoms with E-state index in [9.17, 15) is 0 Å². The quantitative estimate of drug-likeness (QED) is 0.820. The Morgan fingerprint density at radius 1 is 1.50 bits per heavy atom. The van der Waals surface area contributed by atoms with Gasteiger partial charge >= 0.3 is 0 Å². The van der Waals surface area contributed by atoms with E-state index in [0.717, 1.165) is 32.7 Å². The van der Waals surface area contributed by atoms with Crippen LogP contribution in [0.5, 0.6) is 11.5 Å². The third-order valence-corrected chi connectivity index (χ3v) is 2.98. The van der Waals surface area contributed by atoms with Gasteiger partial charge in [-0.05, 0) is 30.7 Å². The number of halogens is 1. The first-order chi connectivity index (χ1) is 7.61. The molecule has 0 amide bonds. The lowest BCUT2D eigenvalue weighted by Gasteiger charge is -2.20. The van der Waals surface area contributed by atoms with Gasteiger partial charge in [0.05, 0.1) is 7.11 Å². The number of methoxy groups -OCH3 is 1. The summed E-state index contributed by atoms with van der Waals surface area (Å²) in [5, 5.41) is 0. The van der Waals surface area contributed by atoms with E-state index in [1.54, 1.807) is 7.11 Å². The van der Waals surface area contributed by atoms with E-state index in [4.69, 9.17) is 9.47 Å². The van der Waals surface area contributed by atoms with Crippen LogP contribution in [0.2, 0.25) is 0 Å². The maximum absolute atomic E-state index is 5.70. The van der Waals surface area contributed by atoms with Crippen LogP contribution < -0.4 is 9.47 Å². The second kappa shape index (κ2) is 4.34. The summed E-state index contributed by atoms with van der Waals surface area (Å²) in [5.41, 5.74) is 3.17. The van der Waals surface area contributed by atoms with Crippen molar-refractivity contribution in [1.29, 1.82) is 0 Å². The molecule has 0 saturated heterocycles. The minimum absolute atomic E-state index is 0.556. The summed E-state index contributed by atoms with van der Waals surface area (Å²) in [6.45, 7) is 6.46. The van der Waals surface area contributed by atoms with Crippen LogP contribution in [0.1, 0.15) is 12.5 Å². The summed E-state index contributed by atoms with van der Waals surface area (Å²) in [5.74, 6) is 1.55. The smallest absolute Gasteiger partial charge is 0.168 e. The Bertz CT molecular complexity index is 475. The zero-order valence-electron chi connectivity index (χ0n) is 9.34. The average molecular weight is 281 g/mol. The minimum atomic E-state index is 0.556. The summed E-state index contributed by atoms with van der Waals surface area (Å²) in [7, 11) is 1.64. The molecule has 1 aliphatic rings. The first-order valence-electron chi connectivity index (χ1n) is 4.98. The van der Waals surface area contributed by atoms with Crippen molar-refractivity contribution in [3.8, 4) is 11.5 Å². The van der Waals surface area contributed by atoms with Crippen molar-refractivity contribution in [3.05, 3.63) is 39.9 Å². The second-order valence-electron chi connectivity index (χ2n) is 3.76. The molecule has 0 radical (unpaired) electrons. The zero-order valence-corrected chi connectivity index (χ0v) is 10.9. The summed E-state index contributed by atoms with van der Waals surface area (Å²) in [6, 6.07) is 3.92. The van der Waals surface area contributed by atoms with Crippen LogP contribution in [0.25, 0.3) is 6.08 Å². The fraction of sp³-hybridized carbons (Fsp3) is 0.231. The van der Waals surface area contributed by atoms with Crippen molar-refractivity contribution in [2.45, 2.75) is 6.92 Å². The van der Waals surface area contributed by atoms with E-state index in [2.05, 4.69) is 28.6 Å². The average Bonchev–Trinajstić information content (AvgIpc) is 2.26. The van der Waals surface area contributed by atoms with Gasteiger partial charge in [-0.25, -0.2) is 0 Å². The van der Waals surface area contributed by atoms with Gasteiger partial charge in [-0.15, -0.1) is 0 Å². The standard InChI is InChI=1S/C13H13BrO2/c1-8(2)10-4-9-5-11(14)6-12(15-3)13(9)16-7-10/h4-6H,1,7H2,2-3H3. The molecule has 0 fully saturated rings. The molecule has 1 aliphatic heterocycles. The molecule has 0 atom stereocenters. The highest BCUT2D eigenvalue weighted by molar-refractivity contribution is 9.10. The molecule has 3 heteroatoms. The Morgan fingerprint density at radius 3 is 2.88 bits per heavy atom. The predicted octanol–water partition coefficient (Wildman–Crippen LogP) is 3.81. The van der Waals surface area contributed by atoms with Crippen LogP contribution in [0, 0.1) is 0 Å². The molecular weight excluding hydrogens is 268 g/mol. The lowest BCUT2D eigenvalue weighted by atomic mass is 10.0. The SMILES string of the molecule is C=C(C)C1=Cc2cc(Br)cc(OC)c2OC1. The Morgan fingerprint density at radius 2 is 2.25 bits per heavy atom. The molecule has 0 spiro atoms. The first kappa shape index (κ1) is 11.3. The molecule has 2 rings (SSSR count). The van der Waals surface area contributed by atoms with E-state index in [0.29, 0.717) is 6.61 Å². The van der Waals surface area contributed by atoms with Crippen molar-refractivity contribution in [1.82, 2.24) is 0 Å². The molecule has 84 valence electrons. The van der Waals surface area contributed by atoms with Crippen molar-refractivity contribution >= 4 is 22.0 Å². The van der Waals surface area contributed by atoms with Crippen LogP contribution in [-0.4, -0.2) is 13.7 Å². The van der Waals surface area contributed by atoms with Gasteiger partial charge in [0.1, 0.15) is 6.61 Å². The lowest BCUT2D eigenvalue weighted by molar-refractivity contribution is 0.316. The molecule has 1 aromatic carbocycles. The number of ether oxygens (including phenoxy) is 2. The van der Waals surface area contributed by atoms with Crippen molar-refractivity contribution in [2.75, 3.05) is 13.7 Å². The maximum Gasteiger partial charge on any atom is 0.168 e. The molecule has 1 heterocycles. The first-order valence-corrected chi connectivity index (χ1v) is 5.78. The Hall–Kier alpha value is -1.22. The molecule has 0 unspecified atom stereocenters. The van der Waals surface area contributed by atoms with Crippen LogP contribution in [-0.2, 0) is 0 Å². The third-order valence-electron chi connectivity index (χ3n) is 2.52. The third kappa shape index (κ3) is 2.00. The molecule has 0 aliphatic carbocycles. The van der Waals surface area contributed by atoms with Gasteiger partial charge in [-0.1, -0.05) is 28.1 Å². The van der Waals surface area contributed by atoms with Crippen LogP contribution in [0.4, 0.5) is 0 Å². The molecule has 0 bridgehead atoms. The highest BCUT2D eigenvalue weighted by Gasteiger charge is 2.17. The molecular formula is C13H13BrO2.